The molecule has 3 rings (SSSR count). The quantitative estimate of drug-likeness (QED) is 0.577. The minimum atomic E-state index is -0.290. The molecule has 1 N–H and O–H groups in total. The number of rotatable bonds is 4. The molecule has 2 aromatic heterocycles. The summed E-state index contributed by atoms with van der Waals surface area (Å²) in [7, 11) is 0. The first-order valence-electron chi connectivity index (χ1n) is 6.82. The van der Waals surface area contributed by atoms with Crippen LogP contribution in [0.1, 0.15) is 22.8 Å². The Morgan fingerprint density at radius 1 is 1.09 bits per heavy atom. The van der Waals surface area contributed by atoms with Crippen LogP contribution in [0.2, 0.25) is 0 Å². The number of benzene rings is 1. The Morgan fingerprint density at radius 3 is 2.48 bits per heavy atom. The van der Waals surface area contributed by atoms with Gasteiger partial charge in [0.15, 0.2) is 0 Å². The van der Waals surface area contributed by atoms with Gasteiger partial charge in [-0.1, -0.05) is 0 Å². The summed E-state index contributed by atoms with van der Waals surface area (Å²) >= 11 is 0. The second-order valence-corrected chi connectivity index (χ2v) is 4.68. The number of tetrazole rings is 1. The number of hydrogen-bond donors (Lipinski definition) is 1. The van der Waals surface area contributed by atoms with Crippen molar-refractivity contribution in [3.8, 4) is 5.69 Å². The Balaban J connectivity index is 1.69. The van der Waals surface area contributed by atoms with Crippen LogP contribution in [0.3, 0.4) is 0 Å². The van der Waals surface area contributed by atoms with Crippen molar-refractivity contribution in [2.24, 2.45) is 5.10 Å². The molecular formula is C15H13N7O. The molecule has 0 atom stereocenters. The zero-order valence-corrected chi connectivity index (χ0v) is 12.3. The molecular weight excluding hydrogens is 294 g/mol. The first-order chi connectivity index (χ1) is 11.2. The molecule has 0 bridgehead atoms. The first kappa shape index (κ1) is 14.5. The smallest absolute Gasteiger partial charge is 0.267 e. The fourth-order valence-corrected chi connectivity index (χ4v) is 1.90. The molecule has 0 spiro atoms. The van der Waals surface area contributed by atoms with E-state index in [1.54, 1.807) is 36.7 Å². The molecule has 3 aromatic rings. The number of aromatic nitrogens is 5. The summed E-state index contributed by atoms with van der Waals surface area (Å²) in [5.41, 5.74) is 5.39. The number of hydrogen-bond acceptors (Lipinski definition) is 6. The van der Waals surface area contributed by atoms with Crippen LogP contribution in [0.5, 0.6) is 0 Å². The van der Waals surface area contributed by atoms with Crippen LogP contribution < -0.4 is 5.43 Å². The van der Waals surface area contributed by atoms with E-state index in [2.05, 4.69) is 31.0 Å². The second kappa shape index (κ2) is 6.56. The molecule has 2 heterocycles. The van der Waals surface area contributed by atoms with E-state index in [1.165, 1.54) is 11.0 Å². The minimum Gasteiger partial charge on any atom is -0.267 e. The van der Waals surface area contributed by atoms with E-state index < -0.39 is 0 Å². The van der Waals surface area contributed by atoms with Gasteiger partial charge in [-0.25, -0.2) is 10.1 Å². The van der Waals surface area contributed by atoms with Gasteiger partial charge in [0.25, 0.3) is 5.91 Å². The summed E-state index contributed by atoms with van der Waals surface area (Å²) in [6.07, 6.45) is 4.83. The number of pyridine rings is 1. The number of amides is 1. The molecule has 0 fully saturated rings. The highest BCUT2D eigenvalue weighted by Gasteiger charge is 2.06. The fourth-order valence-electron chi connectivity index (χ4n) is 1.90. The highest BCUT2D eigenvalue weighted by molar-refractivity contribution is 6.00. The van der Waals surface area contributed by atoms with Gasteiger partial charge in [0.05, 0.1) is 11.4 Å². The van der Waals surface area contributed by atoms with Gasteiger partial charge in [-0.05, 0) is 53.7 Å². The third-order valence-electron chi connectivity index (χ3n) is 3.17. The van der Waals surface area contributed by atoms with E-state index in [1.807, 2.05) is 19.1 Å². The van der Waals surface area contributed by atoms with E-state index in [-0.39, 0.29) is 5.91 Å². The number of nitrogens with one attached hydrogen (secondary N) is 1. The lowest BCUT2D eigenvalue weighted by molar-refractivity contribution is 0.0955. The highest BCUT2D eigenvalue weighted by Crippen LogP contribution is 2.07. The SMILES string of the molecule is C/C(=N\NC(=O)c1ccc(-n2cnnn2)cc1)c1ccncc1. The second-order valence-electron chi connectivity index (χ2n) is 4.68. The van der Waals surface area contributed by atoms with Crippen LogP contribution in [-0.2, 0) is 0 Å². The molecule has 1 amide bonds. The van der Waals surface area contributed by atoms with Gasteiger partial charge in [0, 0.05) is 23.5 Å². The predicted molar refractivity (Wildman–Crippen MR) is 83.1 cm³/mol. The van der Waals surface area contributed by atoms with Crippen molar-refractivity contribution in [1.29, 1.82) is 0 Å². The van der Waals surface area contributed by atoms with E-state index in [0.29, 0.717) is 11.3 Å². The molecule has 0 aliphatic heterocycles. The summed E-state index contributed by atoms with van der Waals surface area (Å²) in [4.78, 5) is 16.0. The molecule has 0 saturated carbocycles. The van der Waals surface area contributed by atoms with Gasteiger partial charge >= 0.3 is 0 Å². The standard InChI is InChI=1S/C15H13N7O/c1-11(12-6-8-16-9-7-12)18-19-15(23)13-2-4-14(5-3-13)22-10-17-20-21-22/h2-10H,1H3,(H,19,23)/b18-11+. The summed E-state index contributed by atoms with van der Waals surface area (Å²) in [5, 5.41) is 15.0. The molecule has 0 aliphatic rings. The lowest BCUT2D eigenvalue weighted by Crippen LogP contribution is -2.19. The molecule has 0 radical (unpaired) electrons. The zero-order valence-electron chi connectivity index (χ0n) is 12.3. The molecule has 0 saturated heterocycles. The average Bonchev–Trinajstić information content (AvgIpc) is 3.15. The van der Waals surface area contributed by atoms with Gasteiger partial charge in [-0.2, -0.15) is 5.10 Å². The van der Waals surface area contributed by atoms with E-state index in [9.17, 15) is 4.79 Å². The van der Waals surface area contributed by atoms with Crippen LogP contribution in [-0.4, -0.2) is 36.8 Å². The maximum atomic E-state index is 12.1. The number of carbonyl (C=O) groups is 1. The molecule has 0 aliphatic carbocycles. The van der Waals surface area contributed by atoms with Crippen molar-refractivity contribution in [2.45, 2.75) is 6.92 Å². The third kappa shape index (κ3) is 3.43. The van der Waals surface area contributed by atoms with Crippen LogP contribution >= 0.6 is 0 Å². The van der Waals surface area contributed by atoms with Crippen LogP contribution in [0.15, 0.2) is 60.2 Å². The molecule has 114 valence electrons. The Bertz CT molecular complexity index is 811. The lowest BCUT2D eigenvalue weighted by Gasteiger charge is -2.04. The first-order valence-corrected chi connectivity index (χ1v) is 6.82. The average molecular weight is 307 g/mol. The minimum absolute atomic E-state index is 0.290. The zero-order chi connectivity index (χ0) is 16.1. The van der Waals surface area contributed by atoms with Crippen molar-refractivity contribution in [3.05, 3.63) is 66.2 Å². The summed E-state index contributed by atoms with van der Waals surface area (Å²) < 4.78 is 1.51. The number of hydrazone groups is 1. The largest absolute Gasteiger partial charge is 0.271 e. The Kier molecular flexibility index (Phi) is 4.14. The van der Waals surface area contributed by atoms with Gasteiger partial charge in [0.2, 0.25) is 0 Å². The highest BCUT2D eigenvalue weighted by atomic mass is 16.2. The molecule has 8 heteroatoms. The molecule has 0 unspecified atom stereocenters. The van der Waals surface area contributed by atoms with Crippen LogP contribution in [0.4, 0.5) is 0 Å². The Labute approximate surface area is 131 Å². The van der Waals surface area contributed by atoms with Crippen LogP contribution in [0, 0.1) is 0 Å². The monoisotopic (exact) mass is 307 g/mol. The number of nitrogens with zero attached hydrogens (tertiary/aromatic N) is 6. The van der Waals surface area contributed by atoms with Gasteiger partial charge in [0.1, 0.15) is 6.33 Å². The van der Waals surface area contributed by atoms with Crippen molar-refractivity contribution in [3.63, 3.8) is 0 Å². The van der Waals surface area contributed by atoms with E-state index >= 15 is 0 Å². The normalized spacial score (nSPS) is 11.3. The van der Waals surface area contributed by atoms with Gasteiger partial charge in [-0.3, -0.25) is 9.78 Å². The molecule has 1 aromatic carbocycles. The summed E-state index contributed by atoms with van der Waals surface area (Å²) in [6.45, 7) is 1.82. The lowest BCUT2D eigenvalue weighted by atomic mass is 10.2. The van der Waals surface area contributed by atoms with Gasteiger partial charge in [-0.15, -0.1) is 5.10 Å². The summed E-state index contributed by atoms with van der Waals surface area (Å²) in [6, 6.07) is 10.5. The van der Waals surface area contributed by atoms with Crippen molar-refractivity contribution < 1.29 is 4.79 Å². The maximum absolute atomic E-state index is 12.1. The fraction of sp³-hybridized carbons (Fsp3) is 0.0667. The predicted octanol–water partition coefficient (Wildman–Crippen LogP) is 1.21. The maximum Gasteiger partial charge on any atom is 0.271 e. The van der Waals surface area contributed by atoms with Crippen molar-refractivity contribution in [2.75, 3.05) is 0 Å². The van der Waals surface area contributed by atoms with Crippen molar-refractivity contribution >= 4 is 11.6 Å². The Hall–Kier alpha value is -3.42. The van der Waals surface area contributed by atoms with E-state index in [0.717, 1.165) is 11.3 Å². The summed E-state index contributed by atoms with van der Waals surface area (Å²) in [5.74, 6) is -0.290. The van der Waals surface area contributed by atoms with Crippen LogP contribution in [0.25, 0.3) is 5.69 Å². The Morgan fingerprint density at radius 2 is 1.83 bits per heavy atom. The van der Waals surface area contributed by atoms with Gasteiger partial charge < -0.3 is 0 Å². The molecule has 8 nitrogen and oxygen atoms in total. The third-order valence-corrected chi connectivity index (χ3v) is 3.17. The van der Waals surface area contributed by atoms with E-state index in [4.69, 9.17) is 0 Å². The topological polar surface area (TPSA) is 98.0 Å². The number of carbonyl (C=O) groups excluding carboxylic acids is 1. The molecule has 23 heavy (non-hydrogen) atoms. The van der Waals surface area contributed by atoms with Crippen molar-refractivity contribution in [1.82, 2.24) is 30.6 Å².